The molecule has 192 valence electrons. The molecule has 3 atom stereocenters. The molecule has 2 unspecified atom stereocenters. The number of hydrogen-bond acceptors (Lipinski definition) is 14. The molecule has 4 rings (SSSR count). The molecule has 14 nitrogen and oxygen atoms in total. The number of carboxylic acids is 1. The van der Waals surface area contributed by atoms with Gasteiger partial charge in [0.2, 0.25) is 0 Å². The van der Waals surface area contributed by atoms with Gasteiger partial charge in [-0.2, -0.15) is 0 Å². The van der Waals surface area contributed by atoms with Crippen LogP contribution in [0.3, 0.4) is 0 Å². The van der Waals surface area contributed by atoms with Gasteiger partial charge in [-0.3, -0.25) is 14.5 Å². The van der Waals surface area contributed by atoms with Crippen LogP contribution in [0.5, 0.6) is 0 Å². The predicted molar refractivity (Wildman–Crippen MR) is 138 cm³/mol. The first kappa shape index (κ1) is 25.8. The lowest BCUT2D eigenvalue weighted by atomic mass is 10.0. The van der Waals surface area contributed by atoms with Crippen LogP contribution in [0.1, 0.15) is 5.69 Å². The number of carboxylic acid groups (broad SMARTS) is 1. The molecule has 0 radical (unpaired) electrons. The van der Waals surface area contributed by atoms with Crippen LogP contribution in [-0.4, -0.2) is 92.6 Å². The van der Waals surface area contributed by atoms with E-state index in [4.69, 9.17) is 22.0 Å². The van der Waals surface area contributed by atoms with Gasteiger partial charge in [-0.15, -0.1) is 34.9 Å². The molecule has 1 aromatic heterocycles. The topological polar surface area (TPSA) is 215 Å². The fourth-order valence-corrected chi connectivity index (χ4v) is 6.55. The average molecular weight is 554 g/mol. The van der Waals surface area contributed by atoms with E-state index < -0.39 is 35.4 Å². The highest BCUT2D eigenvalue weighted by Gasteiger charge is 2.54. The number of oxime groups is 1. The first-order valence-corrected chi connectivity index (χ1v) is 13.2. The summed E-state index contributed by atoms with van der Waals surface area (Å²) in [7, 11) is 2.99. The van der Waals surface area contributed by atoms with E-state index >= 15 is 0 Å². The van der Waals surface area contributed by atoms with E-state index in [1.165, 1.54) is 40.9 Å². The van der Waals surface area contributed by atoms with Gasteiger partial charge in [0.25, 0.3) is 11.8 Å². The number of thioether (sulfide) groups is 2. The third kappa shape index (κ3) is 4.86. The quantitative estimate of drug-likeness (QED) is 0.148. The number of β-lactam (4-membered cyclic amide) rings is 1. The van der Waals surface area contributed by atoms with E-state index in [2.05, 4.69) is 20.4 Å². The number of nitrogens with two attached hydrogens (primary N) is 3. The Labute approximate surface area is 217 Å². The number of nitrogens with zero attached hydrogens (tertiary/aromatic N) is 5. The maximum atomic E-state index is 13.0. The Hall–Kier alpha value is -3.28. The number of guanidine groups is 1. The summed E-state index contributed by atoms with van der Waals surface area (Å²) in [6, 6.07) is -0.942. The number of hydrogen-bond donors (Lipinski definition) is 5. The van der Waals surface area contributed by atoms with Crippen molar-refractivity contribution in [3.8, 4) is 0 Å². The fraction of sp³-hybridized carbons (Fsp3) is 0.368. The van der Waals surface area contributed by atoms with Crippen LogP contribution >= 0.6 is 34.9 Å². The second-order valence-electron chi connectivity index (χ2n) is 7.68. The van der Waals surface area contributed by atoms with Gasteiger partial charge in [0, 0.05) is 23.9 Å². The van der Waals surface area contributed by atoms with Crippen molar-refractivity contribution in [2.45, 2.75) is 17.6 Å². The average Bonchev–Trinajstić information content (AvgIpc) is 3.27. The Morgan fingerprint density at radius 2 is 2.17 bits per heavy atom. The molecule has 1 fully saturated rings. The summed E-state index contributed by atoms with van der Waals surface area (Å²) in [6.45, 7) is 0. The van der Waals surface area contributed by atoms with Crippen LogP contribution in [0.25, 0.3) is 0 Å². The lowest BCUT2D eigenvalue weighted by Gasteiger charge is -2.49. The minimum atomic E-state index is -1.23. The number of aliphatic carboxylic acids is 1. The second kappa shape index (κ2) is 10.4. The number of amides is 2. The molecule has 1 saturated heterocycles. The standard InChI is InChI=1S/C19H23N9O5S3/c1-27-9(20)3-10(24-18(27)21)34-4-7-5-35-16-12(15(30)28(16)13(7)17(31)32)25-14(29)11(26-33-2)8-6-36-19(22)23-8/h3,6,9,12,16H,4-5,20H2,1-2H3,(H2,21,24)(H2,22,23)(H,25,29)(H,31,32)/b26-11-/t9?,12?,16-/m0/s1. The number of aromatic nitrogens is 1. The van der Waals surface area contributed by atoms with Crippen LogP contribution in [0.2, 0.25) is 0 Å². The third-order valence-corrected chi connectivity index (χ3v) is 8.47. The van der Waals surface area contributed by atoms with Gasteiger partial charge in [0.1, 0.15) is 36.1 Å². The number of rotatable bonds is 8. The molecule has 17 heteroatoms. The predicted octanol–water partition coefficient (Wildman–Crippen LogP) is -1.07. The van der Waals surface area contributed by atoms with Crippen LogP contribution in [-0.2, 0) is 19.2 Å². The van der Waals surface area contributed by atoms with E-state index in [-0.39, 0.29) is 33.9 Å². The van der Waals surface area contributed by atoms with Gasteiger partial charge in [0.15, 0.2) is 16.8 Å². The molecule has 0 aliphatic carbocycles. The van der Waals surface area contributed by atoms with Crippen molar-refractivity contribution in [3.05, 3.63) is 33.4 Å². The van der Waals surface area contributed by atoms with Crippen LogP contribution < -0.4 is 22.5 Å². The molecule has 0 aromatic carbocycles. The van der Waals surface area contributed by atoms with Gasteiger partial charge in [-0.25, -0.2) is 14.8 Å². The van der Waals surface area contributed by atoms with E-state index in [0.717, 1.165) is 11.3 Å². The Morgan fingerprint density at radius 1 is 1.42 bits per heavy atom. The summed E-state index contributed by atoms with van der Waals surface area (Å²) >= 11 is 3.75. The van der Waals surface area contributed by atoms with Crippen molar-refractivity contribution in [3.63, 3.8) is 0 Å². The number of nitrogens with one attached hydrogen (secondary N) is 1. The van der Waals surface area contributed by atoms with Gasteiger partial charge in [-0.05, 0) is 11.6 Å². The summed E-state index contributed by atoms with van der Waals surface area (Å²) in [4.78, 5) is 53.7. The molecule has 2 amide bonds. The summed E-state index contributed by atoms with van der Waals surface area (Å²) in [6.07, 6.45) is 1.27. The van der Waals surface area contributed by atoms with Crippen molar-refractivity contribution < 1.29 is 24.3 Å². The largest absolute Gasteiger partial charge is 0.477 e. The third-order valence-electron chi connectivity index (χ3n) is 5.44. The molecule has 36 heavy (non-hydrogen) atoms. The van der Waals surface area contributed by atoms with Crippen molar-refractivity contribution in [2.75, 3.05) is 31.4 Å². The number of fused-ring (bicyclic) bond motifs is 1. The van der Waals surface area contributed by atoms with Crippen molar-refractivity contribution in [1.82, 2.24) is 20.1 Å². The van der Waals surface area contributed by atoms with Gasteiger partial charge in [0.05, 0.1) is 5.03 Å². The molecule has 3 aliphatic heterocycles. The van der Waals surface area contributed by atoms with Crippen LogP contribution in [0.4, 0.5) is 5.13 Å². The summed E-state index contributed by atoms with van der Waals surface area (Å²) in [5.74, 6) is -1.59. The molecule has 4 heterocycles. The zero-order valence-corrected chi connectivity index (χ0v) is 21.5. The lowest BCUT2D eigenvalue weighted by molar-refractivity contribution is -0.150. The van der Waals surface area contributed by atoms with Crippen molar-refractivity contribution in [2.24, 2.45) is 21.6 Å². The molecular formula is C19H23N9O5S3. The zero-order valence-electron chi connectivity index (χ0n) is 19.1. The van der Waals surface area contributed by atoms with E-state index in [9.17, 15) is 19.5 Å². The van der Waals surface area contributed by atoms with E-state index in [0.29, 0.717) is 16.4 Å². The van der Waals surface area contributed by atoms with Gasteiger partial charge < -0.3 is 37.4 Å². The molecule has 0 spiro atoms. The highest BCUT2D eigenvalue weighted by atomic mass is 32.2. The Bertz CT molecular complexity index is 1230. The molecule has 8 N–H and O–H groups in total. The number of nitrogen functional groups attached to an aromatic ring is 1. The second-order valence-corrected chi connectivity index (χ2v) is 10.7. The Morgan fingerprint density at radius 3 is 2.78 bits per heavy atom. The van der Waals surface area contributed by atoms with Crippen molar-refractivity contribution >= 4 is 69.4 Å². The monoisotopic (exact) mass is 553 g/mol. The zero-order chi connectivity index (χ0) is 26.1. The van der Waals surface area contributed by atoms with Gasteiger partial charge in [-0.1, -0.05) is 5.16 Å². The SMILES string of the molecule is CO/N=C(\C(=O)NC1C(=O)N2C(C(=O)O)=C(CSC3=CC(N)N(C)C(N)=N3)CS[C@@H]12)c1csc(N)n1. The van der Waals surface area contributed by atoms with Crippen LogP contribution in [0.15, 0.2) is 37.9 Å². The maximum Gasteiger partial charge on any atom is 0.352 e. The molecule has 3 aliphatic rings. The molecule has 0 saturated carbocycles. The Balaban J connectivity index is 1.48. The number of likely N-dealkylation sites (N-methyl/N-ethyl adjacent to an activating group) is 1. The maximum absolute atomic E-state index is 13.0. The summed E-state index contributed by atoms with van der Waals surface area (Å²) in [5.41, 5.74) is 18.0. The number of aliphatic imine (C=N–C) groups is 1. The number of carbonyl (C=O) groups excluding carboxylic acids is 2. The minimum Gasteiger partial charge on any atom is -0.477 e. The number of thiazole rings is 1. The first-order chi connectivity index (χ1) is 17.1. The van der Waals surface area contributed by atoms with E-state index in [1.54, 1.807) is 18.0 Å². The lowest BCUT2D eigenvalue weighted by Crippen LogP contribution is -2.71. The van der Waals surface area contributed by atoms with Crippen molar-refractivity contribution in [1.29, 1.82) is 0 Å². The summed E-state index contributed by atoms with van der Waals surface area (Å²) < 4.78 is 0. The highest BCUT2D eigenvalue weighted by Crippen LogP contribution is 2.41. The Kier molecular flexibility index (Phi) is 7.43. The van der Waals surface area contributed by atoms with Crippen LogP contribution in [0, 0.1) is 0 Å². The number of anilines is 1. The van der Waals surface area contributed by atoms with Gasteiger partial charge >= 0.3 is 5.97 Å². The number of carbonyl (C=O) groups is 3. The molecular weight excluding hydrogens is 530 g/mol. The first-order valence-electron chi connectivity index (χ1n) is 10.3. The minimum absolute atomic E-state index is 0.102. The molecule has 0 bridgehead atoms. The summed E-state index contributed by atoms with van der Waals surface area (Å²) in [5, 5.41) is 18.0. The highest BCUT2D eigenvalue weighted by molar-refractivity contribution is 8.03. The smallest absolute Gasteiger partial charge is 0.352 e. The van der Waals surface area contributed by atoms with E-state index in [1.807, 2.05) is 0 Å². The fourth-order valence-electron chi connectivity index (χ4n) is 3.58. The molecule has 1 aromatic rings. The normalized spacial score (nSPS) is 24.0.